The van der Waals surface area contributed by atoms with Crippen LogP contribution in [0.1, 0.15) is 27.2 Å². The van der Waals surface area contributed by atoms with Gasteiger partial charge in [-0.05, 0) is 36.9 Å². The summed E-state index contributed by atoms with van der Waals surface area (Å²) in [5, 5.41) is 0. The van der Waals surface area contributed by atoms with E-state index in [4.69, 9.17) is 0 Å². The molecule has 0 saturated heterocycles. The van der Waals surface area contributed by atoms with Crippen molar-refractivity contribution < 1.29 is 4.76 Å². The summed E-state index contributed by atoms with van der Waals surface area (Å²) < 4.78 is 1.80. The van der Waals surface area contributed by atoms with Crippen LogP contribution >= 0.6 is 15.9 Å². The molecule has 0 aliphatic carbocycles. The normalized spacial score (nSPS) is 13.8. The third-order valence-electron chi connectivity index (χ3n) is 1.30. The van der Waals surface area contributed by atoms with Crippen molar-refractivity contribution in [2.45, 2.75) is 27.2 Å². The molecule has 72 valence electrons. The van der Waals surface area contributed by atoms with E-state index < -0.39 is 0 Å². The minimum absolute atomic E-state index is 0.662. The van der Waals surface area contributed by atoms with E-state index in [2.05, 4.69) is 15.9 Å². The molecule has 0 aliphatic rings. The molecule has 2 nitrogen and oxygen atoms in total. The number of hydrogen-bond donors (Lipinski definition) is 0. The van der Waals surface area contributed by atoms with E-state index in [0.29, 0.717) is 5.70 Å². The van der Waals surface area contributed by atoms with Crippen molar-refractivity contribution in [2.75, 3.05) is 0 Å². The van der Waals surface area contributed by atoms with Gasteiger partial charge in [0.2, 0.25) is 6.20 Å². The topological polar surface area (TPSA) is 20.1 Å². The van der Waals surface area contributed by atoms with E-state index in [-0.39, 0.29) is 0 Å². The molecule has 0 atom stereocenters. The van der Waals surface area contributed by atoms with Crippen LogP contribution in [0, 0.1) is 4.91 Å². The van der Waals surface area contributed by atoms with Crippen molar-refractivity contribution in [1.29, 1.82) is 0 Å². The van der Waals surface area contributed by atoms with Crippen LogP contribution in [-0.2, 0) is 0 Å². The Kier molecular flexibility index (Phi) is 6.41. The lowest BCUT2D eigenvalue weighted by Gasteiger charge is -1.88. The quantitative estimate of drug-likeness (QED) is 0.543. The van der Waals surface area contributed by atoms with E-state index >= 15 is 0 Å². The van der Waals surface area contributed by atoms with Crippen molar-refractivity contribution in [3.8, 4) is 0 Å². The standard InChI is InChI=1S/C10H15BrNO/c1-4-6-10(8-9(3)11)12(13)7-5-2/h5-8H,4H2,1-3H3/q+1. The van der Waals surface area contributed by atoms with Gasteiger partial charge >= 0.3 is 0 Å². The van der Waals surface area contributed by atoms with E-state index in [1.54, 1.807) is 12.2 Å². The molecule has 13 heavy (non-hydrogen) atoms. The highest BCUT2D eigenvalue weighted by atomic mass is 79.9. The van der Waals surface area contributed by atoms with Crippen molar-refractivity contribution in [1.82, 2.24) is 0 Å². The monoisotopic (exact) mass is 244 g/mol. The van der Waals surface area contributed by atoms with Crippen LogP contribution in [-0.4, -0.2) is 4.76 Å². The minimum atomic E-state index is 0.662. The maximum atomic E-state index is 11.4. The Morgan fingerprint density at radius 2 is 2.15 bits per heavy atom. The van der Waals surface area contributed by atoms with Crippen molar-refractivity contribution in [3.63, 3.8) is 0 Å². The number of rotatable bonds is 4. The fraction of sp³-hybridized carbons (Fsp3) is 0.400. The van der Waals surface area contributed by atoms with Gasteiger partial charge in [-0.2, -0.15) is 0 Å². The Morgan fingerprint density at radius 1 is 1.54 bits per heavy atom. The van der Waals surface area contributed by atoms with Crippen molar-refractivity contribution in [3.05, 3.63) is 39.5 Å². The maximum absolute atomic E-state index is 11.4. The average Bonchev–Trinajstić information content (AvgIpc) is 2.03. The Labute approximate surface area is 87.7 Å². The highest BCUT2D eigenvalue weighted by Crippen LogP contribution is 2.10. The molecule has 0 heterocycles. The van der Waals surface area contributed by atoms with Crippen LogP contribution in [0.4, 0.5) is 0 Å². The first-order valence-corrected chi connectivity index (χ1v) is 5.04. The van der Waals surface area contributed by atoms with Gasteiger partial charge in [0.15, 0.2) is 0 Å². The summed E-state index contributed by atoms with van der Waals surface area (Å²) in [4.78, 5) is 11.4. The second kappa shape index (κ2) is 6.78. The fourth-order valence-corrected chi connectivity index (χ4v) is 1.08. The van der Waals surface area contributed by atoms with Crippen LogP contribution in [0.3, 0.4) is 0 Å². The van der Waals surface area contributed by atoms with Crippen LogP contribution in [0.25, 0.3) is 0 Å². The number of allylic oxidation sites excluding steroid dienone is 4. The predicted octanol–water partition coefficient (Wildman–Crippen LogP) is 3.89. The zero-order valence-electron chi connectivity index (χ0n) is 8.25. The summed E-state index contributed by atoms with van der Waals surface area (Å²) >= 11 is 3.30. The van der Waals surface area contributed by atoms with Crippen LogP contribution in [0.15, 0.2) is 34.6 Å². The summed E-state index contributed by atoms with van der Waals surface area (Å²) in [7, 11) is 0. The van der Waals surface area contributed by atoms with Crippen LogP contribution in [0.2, 0.25) is 0 Å². The van der Waals surface area contributed by atoms with E-state index in [0.717, 1.165) is 15.7 Å². The van der Waals surface area contributed by atoms with Gasteiger partial charge in [-0.1, -0.05) is 22.9 Å². The SMILES string of the molecule is CC=C[N+](=O)C(C=C(C)Br)=CCC. The lowest BCUT2D eigenvalue weighted by Crippen LogP contribution is -1.96. The van der Waals surface area contributed by atoms with Gasteiger partial charge in [-0.15, -0.1) is 0 Å². The van der Waals surface area contributed by atoms with Gasteiger partial charge in [0, 0.05) is 11.0 Å². The molecule has 0 radical (unpaired) electrons. The van der Waals surface area contributed by atoms with Crippen molar-refractivity contribution in [2.24, 2.45) is 0 Å². The number of nitrogens with zero attached hydrogens (tertiary/aromatic N) is 1. The highest BCUT2D eigenvalue weighted by molar-refractivity contribution is 9.11. The molecular weight excluding hydrogens is 230 g/mol. The smallest absolute Gasteiger partial charge is 0.0616 e. The molecule has 0 aromatic carbocycles. The molecule has 0 fully saturated rings. The lowest BCUT2D eigenvalue weighted by molar-refractivity contribution is -0.418. The Morgan fingerprint density at radius 3 is 2.54 bits per heavy atom. The summed E-state index contributed by atoms with van der Waals surface area (Å²) in [5.74, 6) is 0. The number of hydrogen-bond acceptors (Lipinski definition) is 1. The zero-order chi connectivity index (χ0) is 10.3. The molecule has 0 rings (SSSR count). The van der Waals surface area contributed by atoms with Gasteiger partial charge in [0.05, 0.1) is 4.76 Å². The summed E-state index contributed by atoms with van der Waals surface area (Å²) in [6, 6.07) is 0. The molecule has 0 spiro atoms. The minimum Gasteiger partial charge on any atom is -0.0616 e. The summed E-state index contributed by atoms with van der Waals surface area (Å²) in [5.41, 5.74) is 0.662. The second-order valence-corrected chi connectivity index (χ2v) is 3.83. The number of halogens is 1. The zero-order valence-corrected chi connectivity index (χ0v) is 9.84. The first-order valence-electron chi connectivity index (χ1n) is 4.25. The first-order chi connectivity index (χ1) is 6.11. The summed E-state index contributed by atoms with van der Waals surface area (Å²) in [6.07, 6.45) is 7.75. The molecule has 0 aromatic heterocycles. The molecule has 0 saturated carbocycles. The van der Waals surface area contributed by atoms with Crippen LogP contribution < -0.4 is 0 Å². The maximum Gasteiger partial charge on any atom is 0.259 e. The Hall–Kier alpha value is -0.700. The molecular formula is C10H15BrNO+. The van der Waals surface area contributed by atoms with E-state index in [9.17, 15) is 4.91 Å². The molecule has 0 aliphatic heterocycles. The number of nitroso groups, excluding NO2 is 1. The van der Waals surface area contributed by atoms with Gasteiger partial charge in [0.25, 0.3) is 5.70 Å². The molecule has 0 N–H and O–H groups in total. The van der Waals surface area contributed by atoms with E-state index in [1.165, 1.54) is 6.20 Å². The first kappa shape index (κ1) is 12.3. The van der Waals surface area contributed by atoms with Gasteiger partial charge in [-0.25, -0.2) is 0 Å². The second-order valence-electron chi connectivity index (χ2n) is 2.58. The predicted molar refractivity (Wildman–Crippen MR) is 59.5 cm³/mol. The molecule has 3 heteroatoms. The van der Waals surface area contributed by atoms with E-state index in [1.807, 2.05) is 26.8 Å². The Balaban J connectivity index is 4.73. The van der Waals surface area contributed by atoms with Gasteiger partial charge in [0.1, 0.15) is 0 Å². The summed E-state index contributed by atoms with van der Waals surface area (Å²) in [6.45, 7) is 5.72. The van der Waals surface area contributed by atoms with Gasteiger partial charge < -0.3 is 0 Å². The third kappa shape index (κ3) is 5.53. The largest absolute Gasteiger partial charge is 0.259 e. The average molecular weight is 245 g/mol. The molecule has 0 aromatic rings. The highest BCUT2D eigenvalue weighted by Gasteiger charge is 2.09. The van der Waals surface area contributed by atoms with Crippen molar-refractivity contribution >= 4 is 15.9 Å². The third-order valence-corrected chi connectivity index (χ3v) is 1.53. The van der Waals surface area contributed by atoms with Gasteiger partial charge in [-0.3, -0.25) is 0 Å². The molecule has 0 amide bonds. The Bertz CT molecular complexity index is 260. The fourth-order valence-electron chi connectivity index (χ4n) is 0.847. The molecule has 0 unspecified atom stereocenters. The lowest BCUT2D eigenvalue weighted by atomic mass is 10.3. The van der Waals surface area contributed by atoms with Crippen LogP contribution in [0.5, 0.6) is 0 Å². The molecule has 0 bridgehead atoms.